The fraction of sp³-hybridized carbons (Fsp3) is 0.562. The van der Waals surface area contributed by atoms with Crippen LogP contribution in [0.3, 0.4) is 0 Å². The smallest absolute Gasteiger partial charge is 0.254 e. The zero-order valence-corrected chi connectivity index (χ0v) is 13.7. The van der Waals surface area contributed by atoms with Crippen molar-refractivity contribution in [3.05, 3.63) is 33.8 Å². The lowest BCUT2D eigenvalue weighted by Gasteiger charge is -2.34. The molecular formula is C16H22BrNO2. The van der Waals surface area contributed by atoms with Gasteiger partial charge in [0.05, 0.1) is 0 Å². The highest BCUT2D eigenvalue weighted by Crippen LogP contribution is 2.28. The Morgan fingerprint density at radius 1 is 1.35 bits per heavy atom. The van der Waals surface area contributed by atoms with Crippen LogP contribution in [-0.4, -0.2) is 35.6 Å². The van der Waals surface area contributed by atoms with Crippen LogP contribution in [0, 0.1) is 12.8 Å². The molecule has 0 spiro atoms. The Kier molecular flexibility index (Phi) is 5.22. The van der Waals surface area contributed by atoms with Crippen molar-refractivity contribution in [2.24, 2.45) is 5.92 Å². The van der Waals surface area contributed by atoms with Crippen LogP contribution in [-0.2, 0) is 0 Å². The van der Waals surface area contributed by atoms with Crippen molar-refractivity contribution < 1.29 is 9.90 Å². The normalized spacial score (nSPS) is 22.6. The van der Waals surface area contributed by atoms with Gasteiger partial charge in [0.1, 0.15) is 0 Å². The van der Waals surface area contributed by atoms with Gasteiger partial charge in [0, 0.05) is 29.7 Å². The molecule has 20 heavy (non-hydrogen) atoms. The minimum atomic E-state index is 0.0937. The van der Waals surface area contributed by atoms with E-state index in [-0.39, 0.29) is 12.5 Å². The summed E-state index contributed by atoms with van der Waals surface area (Å²) >= 11 is 3.43. The van der Waals surface area contributed by atoms with Gasteiger partial charge in [0.15, 0.2) is 0 Å². The zero-order chi connectivity index (χ0) is 14.7. The van der Waals surface area contributed by atoms with Crippen LogP contribution < -0.4 is 0 Å². The van der Waals surface area contributed by atoms with Gasteiger partial charge < -0.3 is 10.0 Å². The maximum Gasteiger partial charge on any atom is 0.254 e. The first-order valence-electron chi connectivity index (χ1n) is 7.17. The number of amides is 1. The minimum absolute atomic E-state index is 0.0937. The molecule has 1 saturated carbocycles. The highest BCUT2D eigenvalue weighted by atomic mass is 79.9. The number of aliphatic hydroxyl groups is 1. The van der Waals surface area contributed by atoms with Crippen LogP contribution in [0.4, 0.5) is 0 Å². The molecule has 2 rings (SSSR count). The van der Waals surface area contributed by atoms with Gasteiger partial charge in [-0.05, 0) is 56.2 Å². The van der Waals surface area contributed by atoms with Crippen LogP contribution >= 0.6 is 15.9 Å². The molecule has 1 N–H and O–H groups in total. The SMILES string of the molecule is Cc1ccc(Br)cc1C(=O)N(C)C1CCC(CO)CC1. The van der Waals surface area contributed by atoms with Gasteiger partial charge in [-0.1, -0.05) is 22.0 Å². The van der Waals surface area contributed by atoms with E-state index in [0.29, 0.717) is 12.0 Å². The van der Waals surface area contributed by atoms with Crippen molar-refractivity contribution in [3.63, 3.8) is 0 Å². The Morgan fingerprint density at radius 3 is 2.60 bits per heavy atom. The third-order valence-electron chi connectivity index (χ3n) is 4.37. The van der Waals surface area contributed by atoms with Crippen molar-refractivity contribution in [1.29, 1.82) is 0 Å². The molecule has 1 aromatic carbocycles. The van der Waals surface area contributed by atoms with Crippen LogP contribution in [0.15, 0.2) is 22.7 Å². The topological polar surface area (TPSA) is 40.5 Å². The monoisotopic (exact) mass is 339 g/mol. The van der Waals surface area contributed by atoms with Crippen molar-refractivity contribution in [1.82, 2.24) is 4.90 Å². The average molecular weight is 340 g/mol. The van der Waals surface area contributed by atoms with Crippen molar-refractivity contribution in [3.8, 4) is 0 Å². The van der Waals surface area contributed by atoms with Crippen molar-refractivity contribution in [2.75, 3.05) is 13.7 Å². The van der Waals surface area contributed by atoms with E-state index < -0.39 is 0 Å². The standard InChI is InChI=1S/C16H22BrNO2/c1-11-3-6-13(17)9-15(11)16(20)18(2)14-7-4-12(10-19)5-8-14/h3,6,9,12,14,19H,4-5,7-8,10H2,1-2H3. The predicted molar refractivity (Wildman–Crippen MR) is 83.8 cm³/mol. The Labute approximate surface area is 129 Å². The van der Waals surface area contributed by atoms with Crippen molar-refractivity contribution >= 4 is 21.8 Å². The number of aryl methyl sites for hydroxylation is 1. The fourth-order valence-electron chi connectivity index (χ4n) is 2.90. The first-order chi connectivity index (χ1) is 9.52. The highest BCUT2D eigenvalue weighted by molar-refractivity contribution is 9.10. The van der Waals surface area contributed by atoms with Crippen molar-refractivity contribution in [2.45, 2.75) is 38.6 Å². The summed E-state index contributed by atoms with van der Waals surface area (Å²) in [5.74, 6) is 0.513. The van der Waals surface area contributed by atoms with Gasteiger partial charge in [-0.3, -0.25) is 4.79 Å². The second-order valence-corrected chi connectivity index (χ2v) is 6.65. The van der Waals surface area contributed by atoms with E-state index in [1.165, 1.54) is 0 Å². The molecule has 0 aromatic heterocycles. The average Bonchev–Trinajstić information content (AvgIpc) is 2.48. The number of hydrogen-bond acceptors (Lipinski definition) is 2. The summed E-state index contributed by atoms with van der Waals surface area (Å²) in [6.07, 6.45) is 3.99. The summed E-state index contributed by atoms with van der Waals surface area (Å²) in [5, 5.41) is 9.18. The maximum atomic E-state index is 12.6. The molecule has 1 aliphatic rings. The molecule has 1 aromatic rings. The number of rotatable bonds is 3. The molecule has 0 radical (unpaired) electrons. The Hall–Kier alpha value is -0.870. The zero-order valence-electron chi connectivity index (χ0n) is 12.1. The van der Waals surface area contributed by atoms with E-state index >= 15 is 0 Å². The first kappa shape index (κ1) is 15.5. The molecule has 1 fully saturated rings. The predicted octanol–water partition coefficient (Wildman–Crippen LogP) is 3.38. The number of carbonyl (C=O) groups is 1. The Morgan fingerprint density at radius 2 is 2.00 bits per heavy atom. The first-order valence-corrected chi connectivity index (χ1v) is 7.96. The minimum Gasteiger partial charge on any atom is -0.396 e. The summed E-state index contributed by atoms with van der Waals surface area (Å²) in [6.45, 7) is 2.24. The number of aliphatic hydroxyl groups excluding tert-OH is 1. The van der Waals surface area contributed by atoms with Gasteiger partial charge in [-0.25, -0.2) is 0 Å². The molecule has 110 valence electrons. The van der Waals surface area contributed by atoms with E-state index in [1.54, 1.807) is 0 Å². The molecule has 0 atom stereocenters. The lowest BCUT2D eigenvalue weighted by atomic mass is 9.86. The summed E-state index contributed by atoms with van der Waals surface area (Å²) in [6, 6.07) is 6.11. The molecule has 3 nitrogen and oxygen atoms in total. The number of hydrogen-bond donors (Lipinski definition) is 1. The highest BCUT2D eigenvalue weighted by Gasteiger charge is 2.27. The second-order valence-electron chi connectivity index (χ2n) is 5.73. The molecular weight excluding hydrogens is 318 g/mol. The largest absolute Gasteiger partial charge is 0.396 e. The number of nitrogens with zero attached hydrogens (tertiary/aromatic N) is 1. The summed E-state index contributed by atoms with van der Waals surface area (Å²) in [5.41, 5.74) is 1.78. The lowest BCUT2D eigenvalue weighted by molar-refractivity contribution is 0.0652. The number of halogens is 1. The number of carbonyl (C=O) groups excluding carboxylic acids is 1. The van der Waals surface area contributed by atoms with E-state index in [0.717, 1.165) is 41.3 Å². The van der Waals surface area contributed by atoms with Crippen LogP contribution in [0.2, 0.25) is 0 Å². The van der Waals surface area contributed by atoms with E-state index in [4.69, 9.17) is 0 Å². The van der Waals surface area contributed by atoms with Crippen LogP contribution in [0.5, 0.6) is 0 Å². The molecule has 4 heteroatoms. The molecule has 0 heterocycles. The Balaban J connectivity index is 2.07. The molecule has 0 bridgehead atoms. The maximum absolute atomic E-state index is 12.6. The molecule has 1 aliphatic carbocycles. The lowest BCUT2D eigenvalue weighted by Crippen LogP contribution is -2.40. The fourth-order valence-corrected chi connectivity index (χ4v) is 3.26. The third kappa shape index (κ3) is 3.41. The molecule has 0 aliphatic heterocycles. The van der Waals surface area contributed by atoms with Gasteiger partial charge in [-0.15, -0.1) is 0 Å². The van der Waals surface area contributed by atoms with E-state index in [1.807, 2.05) is 37.1 Å². The summed E-state index contributed by atoms with van der Waals surface area (Å²) in [7, 11) is 1.90. The quantitative estimate of drug-likeness (QED) is 0.916. The van der Waals surface area contributed by atoms with E-state index in [2.05, 4.69) is 15.9 Å². The molecule has 0 saturated heterocycles. The summed E-state index contributed by atoms with van der Waals surface area (Å²) in [4.78, 5) is 14.5. The molecule has 1 amide bonds. The van der Waals surface area contributed by atoms with Crippen LogP contribution in [0.25, 0.3) is 0 Å². The summed E-state index contributed by atoms with van der Waals surface area (Å²) < 4.78 is 0.934. The van der Waals surface area contributed by atoms with Crippen LogP contribution in [0.1, 0.15) is 41.6 Å². The van der Waals surface area contributed by atoms with Gasteiger partial charge in [0.25, 0.3) is 5.91 Å². The van der Waals surface area contributed by atoms with Gasteiger partial charge in [-0.2, -0.15) is 0 Å². The Bertz CT molecular complexity index is 481. The second kappa shape index (κ2) is 6.72. The van der Waals surface area contributed by atoms with Gasteiger partial charge >= 0.3 is 0 Å². The number of benzene rings is 1. The molecule has 0 unspecified atom stereocenters. The third-order valence-corrected chi connectivity index (χ3v) is 4.87. The van der Waals surface area contributed by atoms with Gasteiger partial charge in [0.2, 0.25) is 0 Å². The van der Waals surface area contributed by atoms with E-state index in [9.17, 15) is 9.90 Å².